The van der Waals surface area contributed by atoms with Gasteiger partial charge in [-0.1, -0.05) is 17.7 Å². The molecule has 1 aliphatic heterocycles. The smallest absolute Gasteiger partial charge is 0.150 e. The molecule has 0 bridgehead atoms. The average Bonchev–Trinajstić information content (AvgIpc) is 2.62. The van der Waals surface area contributed by atoms with Crippen LogP contribution in [-0.2, 0) is 9.84 Å². The lowest BCUT2D eigenvalue weighted by Gasteiger charge is -2.18. The van der Waals surface area contributed by atoms with E-state index in [0.717, 1.165) is 0 Å². The van der Waals surface area contributed by atoms with Gasteiger partial charge in [0.15, 0.2) is 9.84 Å². The summed E-state index contributed by atoms with van der Waals surface area (Å²) in [6.45, 7) is 0. The van der Waals surface area contributed by atoms with E-state index in [4.69, 9.17) is 17.3 Å². The summed E-state index contributed by atoms with van der Waals surface area (Å²) >= 11 is 5.67. The molecule has 1 aliphatic rings. The molecule has 0 aromatic heterocycles. The molecule has 94 valence electrons. The number of sulfone groups is 1. The second-order valence-corrected chi connectivity index (χ2v) is 7.00. The van der Waals surface area contributed by atoms with Gasteiger partial charge in [-0.25, -0.2) is 12.8 Å². The molecule has 1 aromatic carbocycles. The van der Waals surface area contributed by atoms with E-state index in [0.29, 0.717) is 12.0 Å². The summed E-state index contributed by atoms with van der Waals surface area (Å²) in [6, 6.07) is 3.86. The lowest BCUT2D eigenvalue weighted by atomic mass is 9.93. The predicted octanol–water partition coefficient (Wildman–Crippen LogP) is 1.91. The number of benzene rings is 1. The van der Waals surface area contributed by atoms with Gasteiger partial charge in [-0.15, -0.1) is 0 Å². The van der Waals surface area contributed by atoms with Crippen molar-refractivity contribution in [3.8, 4) is 0 Å². The minimum Gasteiger partial charge on any atom is -0.324 e. The molecule has 17 heavy (non-hydrogen) atoms. The first-order valence-electron chi connectivity index (χ1n) is 5.30. The molecular formula is C11H13ClFNO2S. The lowest BCUT2D eigenvalue weighted by Crippen LogP contribution is -2.22. The molecule has 1 heterocycles. The van der Waals surface area contributed by atoms with Gasteiger partial charge in [-0.2, -0.15) is 0 Å². The van der Waals surface area contributed by atoms with Crippen LogP contribution in [0.15, 0.2) is 18.2 Å². The molecule has 2 rings (SSSR count). The van der Waals surface area contributed by atoms with E-state index in [9.17, 15) is 12.8 Å². The summed E-state index contributed by atoms with van der Waals surface area (Å²) < 4.78 is 35.7. The third-order valence-electron chi connectivity index (χ3n) is 3.10. The van der Waals surface area contributed by atoms with E-state index in [-0.39, 0.29) is 22.4 Å². The Morgan fingerprint density at radius 3 is 2.71 bits per heavy atom. The maximum Gasteiger partial charge on any atom is 0.150 e. The van der Waals surface area contributed by atoms with Crippen LogP contribution >= 0.6 is 11.6 Å². The highest BCUT2D eigenvalue weighted by Crippen LogP contribution is 2.31. The van der Waals surface area contributed by atoms with Crippen molar-refractivity contribution in [3.05, 3.63) is 34.6 Å². The first-order chi connectivity index (χ1) is 7.89. The Bertz CT molecular complexity index is 532. The third kappa shape index (κ3) is 2.78. The minimum atomic E-state index is -2.95. The summed E-state index contributed by atoms with van der Waals surface area (Å²) in [5, 5.41) is 0.0128. The molecule has 0 amide bonds. The molecule has 0 saturated carbocycles. The van der Waals surface area contributed by atoms with Gasteiger partial charge < -0.3 is 5.73 Å². The SMILES string of the molecule is NC(c1ccc(F)c(Cl)c1)C1CCS(=O)(=O)C1. The van der Waals surface area contributed by atoms with Crippen molar-refractivity contribution >= 4 is 21.4 Å². The quantitative estimate of drug-likeness (QED) is 0.898. The molecule has 0 aliphatic carbocycles. The highest BCUT2D eigenvalue weighted by molar-refractivity contribution is 7.91. The first kappa shape index (κ1) is 12.8. The minimum absolute atomic E-state index is 0.0128. The molecule has 2 unspecified atom stereocenters. The molecule has 1 fully saturated rings. The van der Waals surface area contributed by atoms with Crippen LogP contribution in [0.2, 0.25) is 5.02 Å². The van der Waals surface area contributed by atoms with E-state index in [1.54, 1.807) is 6.07 Å². The fourth-order valence-electron chi connectivity index (χ4n) is 2.10. The van der Waals surface area contributed by atoms with Crippen molar-refractivity contribution in [3.63, 3.8) is 0 Å². The Morgan fingerprint density at radius 1 is 1.47 bits per heavy atom. The van der Waals surface area contributed by atoms with Crippen LogP contribution in [0.3, 0.4) is 0 Å². The fourth-order valence-corrected chi connectivity index (χ4v) is 4.14. The number of nitrogens with two attached hydrogens (primary N) is 1. The Kier molecular flexibility index (Phi) is 3.43. The average molecular weight is 278 g/mol. The maximum atomic E-state index is 13.0. The van der Waals surface area contributed by atoms with Crippen LogP contribution in [0.1, 0.15) is 18.0 Å². The van der Waals surface area contributed by atoms with Gasteiger partial charge in [-0.05, 0) is 30.0 Å². The van der Waals surface area contributed by atoms with E-state index in [1.807, 2.05) is 0 Å². The molecule has 0 radical (unpaired) electrons. The van der Waals surface area contributed by atoms with Gasteiger partial charge in [0, 0.05) is 6.04 Å². The molecule has 0 spiro atoms. The van der Waals surface area contributed by atoms with Crippen molar-refractivity contribution in [1.82, 2.24) is 0 Å². The number of hydrogen-bond donors (Lipinski definition) is 1. The van der Waals surface area contributed by atoms with Gasteiger partial charge in [0.1, 0.15) is 5.82 Å². The molecular weight excluding hydrogens is 265 g/mol. The molecule has 1 saturated heterocycles. The van der Waals surface area contributed by atoms with Crippen LogP contribution in [0, 0.1) is 11.7 Å². The van der Waals surface area contributed by atoms with Gasteiger partial charge in [-0.3, -0.25) is 0 Å². The van der Waals surface area contributed by atoms with E-state index >= 15 is 0 Å². The van der Waals surface area contributed by atoms with Crippen LogP contribution in [-0.4, -0.2) is 19.9 Å². The zero-order valence-electron chi connectivity index (χ0n) is 9.07. The van der Waals surface area contributed by atoms with Crippen molar-refractivity contribution in [2.24, 2.45) is 11.7 Å². The summed E-state index contributed by atoms with van der Waals surface area (Å²) in [6.07, 6.45) is 0.554. The zero-order valence-corrected chi connectivity index (χ0v) is 10.6. The van der Waals surface area contributed by atoms with Crippen LogP contribution in [0.4, 0.5) is 4.39 Å². The number of rotatable bonds is 2. The van der Waals surface area contributed by atoms with E-state index in [1.165, 1.54) is 12.1 Å². The summed E-state index contributed by atoms with van der Waals surface area (Å²) in [5.41, 5.74) is 6.67. The summed E-state index contributed by atoms with van der Waals surface area (Å²) in [5.74, 6) is -0.327. The summed E-state index contributed by atoms with van der Waals surface area (Å²) in [4.78, 5) is 0. The van der Waals surface area contributed by atoms with Crippen molar-refractivity contribution in [2.45, 2.75) is 12.5 Å². The lowest BCUT2D eigenvalue weighted by molar-refractivity contribution is 0.479. The normalized spacial score (nSPS) is 24.8. The third-order valence-corrected chi connectivity index (χ3v) is 5.19. The van der Waals surface area contributed by atoms with Crippen LogP contribution in [0.25, 0.3) is 0 Å². The van der Waals surface area contributed by atoms with Gasteiger partial charge >= 0.3 is 0 Å². The highest BCUT2D eigenvalue weighted by Gasteiger charge is 2.32. The second-order valence-electron chi connectivity index (χ2n) is 4.36. The fraction of sp³-hybridized carbons (Fsp3) is 0.455. The number of halogens is 2. The standard InChI is InChI=1S/C11H13ClFNO2S/c12-9-5-7(1-2-10(9)13)11(14)8-3-4-17(15,16)6-8/h1-2,5,8,11H,3-4,6,14H2. The largest absolute Gasteiger partial charge is 0.324 e. The number of hydrogen-bond acceptors (Lipinski definition) is 3. The van der Waals surface area contributed by atoms with Gasteiger partial charge in [0.25, 0.3) is 0 Å². The molecule has 1 aromatic rings. The zero-order chi connectivity index (χ0) is 12.6. The second kappa shape index (κ2) is 4.55. The monoisotopic (exact) mass is 277 g/mol. The van der Waals surface area contributed by atoms with Gasteiger partial charge in [0.2, 0.25) is 0 Å². The van der Waals surface area contributed by atoms with Crippen LogP contribution < -0.4 is 5.73 Å². The van der Waals surface area contributed by atoms with Crippen molar-refractivity contribution < 1.29 is 12.8 Å². The van der Waals surface area contributed by atoms with Crippen LogP contribution in [0.5, 0.6) is 0 Å². The van der Waals surface area contributed by atoms with E-state index in [2.05, 4.69) is 0 Å². The topological polar surface area (TPSA) is 60.2 Å². The molecule has 6 heteroatoms. The van der Waals surface area contributed by atoms with Crippen molar-refractivity contribution in [2.75, 3.05) is 11.5 Å². The van der Waals surface area contributed by atoms with Gasteiger partial charge in [0.05, 0.1) is 16.5 Å². The van der Waals surface area contributed by atoms with E-state index < -0.39 is 21.7 Å². The molecule has 3 nitrogen and oxygen atoms in total. The first-order valence-corrected chi connectivity index (χ1v) is 7.50. The Balaban J connectivity index is 2.20. The predicted molar refractivity (Wildman–Crippen MR) is 65.1 cm³/mol. The Hall–Kier alpha value is -0.650. The summed E-state index contributed by atoms with van der Waals surface area (Å²) in [7, 11) is -2.95. The maximum absolute atomic E-state index is 13.0. The molecule has 2 atom stereocenters. The Labute approximate surface area is 105 Å². The van der Waals surface area contributed by atoms with Crippen molar-refractivity contribution in [1.29, 1.82) is 0 Å². The highest BCUT2D eigenvalue weighted by atomic mass is 35.5. The Morgan fingerprint density at radius 2 is 2.18 bits per heavy atom. The molecule has 2 N–H and O–H groups in total.